The van der Waals surface area contributed by atoms with Gasteiger partial charge < -0.3 is 9.47 Å². The lowest BCUT2D eigenvalue weighted by Crippen LogP contribution is -2.44. The number of nitrogens with zero attached hydrogens (tertiary/aromatic N) is 3. The number of rotatable bonds is 4. The summed E-state index contributed by atoms with van der Waals surface area (Å²) in [6.45, 7) is 5.09. The van der Waals surface area contributed by atoms with E-state index in [1.54, 1.807) is 11.0 Å². The van der Waals surface area contributed by atoms with Gasteiger partial charge in [-0.25, -0.2) is 9.67 Å². The van der Waals surface area contributed by atoms with E-state index in [9.17, 15) is 0 Å². The average molecular weight is 308 g/mol. The minimum absolute atomic E-state index is 0.0529. The highest BCUT2D eigenvalue weighted by atomic mass is 35.5. The van der Waals surface area contributed by atoms with Gasteiger partial charge >= 0.3 is 0 Å². The zero-order valence-corrected chi connectivity index (χ0v) is 12.8. The third-order valence-electron chi connectivity index (χ3n) is 3.83. The molecule has 6 heteroatoms. The molecule has 0 N–H and O–H groups in total. The summed E-state index contributed by atoms with van der Waals surface area (Å²) in [6, 6.07) is 7.73. The molecule has 1 aliphatic rings. The maximum absolute atomic E-state index is 6.06. The van der Waals surface area contributed by atoms with Gasteiger partial charge in [0.2, 0.25) is 0 Å². The minimum Gasteiger partial charge on any atom is -0.348 e. The van der Waals surface area contributed by atoms with Gasteiger partial charge in [-0.15, -0.1) is 0 Å². The number of benzene rings is 1. The zero-order valence-electron chi connectivity index (χ0n) is 12.1. The first-order valence-electron chi connectivity index (χ1n) is 6.96. The molecule has 0 radical (unpaired) electrons. The van der Waals surface area contributed by atoms with Gasteiger partial charge in [0.15, 0.2) is 0 Å². The summed E-state index contributed by atoms with van der Waals surface area (Å²) in [4.78, 5) is 4.01. The Labute approximate surface area is 128 Å². The fraction of sp³-hybridized carbons (Fsp3) is 0.467. The van der Waals surface area contributed by atoms with E-state index in [2.05, 4.69) is 23.9 Å². The molecule has 0 amide bonds. The number of aromatic nitrogens is 3. The van der Waals surface area contributed by atoms with Crippen LogP contribution in [0.3, 0.4) is 0 Å². The van der Waals surface area contributed by atoms with E-state index in [4.69, 9.17) is 21.1 Å². The molecule has 1 aliphatic heterocycles. The Kier molecular flexibility index (Phi) is 3.97. The second kappa shape index (κ2) is 5.75. The van der Waals surface area contributed by atoms with Gasteiger partial charge in [-0.2, -0.15) is 5.10 Å². The fourth-order valence-electron chi connectivity index (χ4n) is 2.92. The number of hydrogen-bond donors (Lipinski definition) is 0. The largest absolute Gasteiger partial charge is 0.348 e. The summed E-state index contributed by atoms with van der Waals surface area (Å²) in [7, 11) is 0. The second-order valence-electron chi connectivity index (χ2n) is 5.58. The van der Waals surface area contributed by atoms with Crippen LogP contribution in [0.2, 0.25) is 5.02 Å². The number of halogens is 1. The maximum atomic E-state index is 6.06. The fourth-order valence-corrected chi connectivity index (χ4v) is 3.05. The van der Waals surface area contributed by atoms with Crippen LogP contribution in [0.1, 0.15) is 19.4 Å². The van der Waals surface area contributed by atoms with Gasteiger partial charge in [-0.05, 0) is 23.6 Å². The van der Waals surface area contributed by atoms with Crippen molar-refractivity contribution in [2.45, 2.75) is 32.1 Å². The molecule has 1 saturated heterocycles. The number of hydrogen-bond acceptors (Lipinski definition) is 4. The van der Waals surface area contributed by atoms with Crippen molar-refractivity contribution in [3.63, 3.8) is 0 Å². The lowest BCUT2D eigenvalue weighted by molar-refractivity contribution is -0.0340. The first-order valence-corrected chi connectivity index (χ1v) is 7.33. The van der Waals surface area contributed by atoms with Gasteiger partial charge in [0.05, 0.1) is 12.6 Å². The van der Waals surface area contributed by atoms with Crippen molar-refractivity contribution in [2.75, 3.05) is 6.79 Å². The smallest absolute Gasteiger partial charge is 0.148 e. The summed E-state index contributed by atoms with van der Waals surface area (Å²) in [5.74, 6) is 0.312. The van der Waals surface area contributed by atoms with E-state index in [-0.39, 0.29) is 12.9 Å². The molecule has 1 aromatic heterocycles. The Morgan fingerprint density at radius 2 is 2.14 bits per heavy atom. The first kappa shape index (κ1) is 14.5. The monoisotopic (exact) mass is 307 g/mol. The predicted octanol–water partition coefficient (Wildman–Crippen LogP) is 2.86. The highest BCUT2D eigenvalue weighted by molar-refractivity contribution is 6.30. The van der Waals surface area contributed by atoms with Crippen molar-refractivity contribution in [1.82, 2.24) is 14.8 Å². The summed E-state index contributed by atoms with van der Waals surface area (Å²) in [6.07, 6.45) is 3.16. The van der Waals surface area contributed by atoms with E-state index >= 15 is 0 Å². The van der Waals surface area contributed by atoms with Crippen LogP contribution in [-0.2, 0) is 21.6 Å². The Hall–Kier alpha value is -1.43. The summed E-state index contributed by atoms with van der Waals surface area (Å²) < 4.78 is 13.7. The minimum atomic E-state index is -0.577. The third kappa shape index (κ3) is 2.69. The number of ether oxygens (including phenoxy) is 2. The van der Waals surface area contributed by atoms with Crippen LogP contribution < -0.4 is 0 Å². The van der Waals surface area contributed by atoms with Gasteiger partial charge in [0.25, 0.3) is 0 Å². The molecule has 0 bridgehead atoms. The van der Waals surface area contributed by atoms with Crippen molar-refractivity contribution in [3.8, 4) is 0 Å². The van der Waals surface area contributed by atoms with Gasteiger partial charge in [-0.1, -0.05) is 37.6 Å². The van der Waals surface area contributed by atoms with Gasteiger partial charge in [-0.3, -0.25) is 0 Å². The lowest BCUT2D eigenvalue weighted by atomic mass is 9.82. The highest BCUT2D eigenvalue weighted by Crippen LogP contribution is 2.41. The van der Waals surface area contributed by atoms with Gasteiger partial charge in [0, 0.05) is 5.02 Å². The van der Waals surface area contributed by atoms with Crippen LogP contribution in [0.15, 0.2) is 36.9 Å². The van der Waals surface area contributed by atoms with E-state index in [1.807, 2.05) is 24.3 Å². The topological polar surface area (TPSA) is 49.2 Å². The van der Waals surface area contributed by atoms with Crippen LogP contribution in [0.4, 0.5) is 0 Å². The quantitative estimate of drug-likeness (QED) is 0.871. The molecule has 5 nitrogen and oxygen atoms in total. The Balaban J connectivity index is 2.03. The predicted molar refractivity (Wildman–Crippen MR) is 78.8 cm³/mol. The first-order chi connectivity index (χ1) is 10.1. The van der Waals surface area contributed by atoms with Crippen molar-refractivity contribution in [2.24, 2.45) is 5.92 Å². The lowest BCUT2D eigenvalue weighted by Gasteiger charge is -2.35. The molecule has 1 aromatic carbocycles. The summed E-state index contributed by atoms with van der Waals surface area (Å²) in [5, 5.41) is 4.91. The normalized spacial score (nSPS) is 25.6. The van der Waals surface area contributed by atoms with Crippen molar-refractivity contribution < 1.29 is 9.47 Å². The standard InChI is InChI=1S/C15H18ClN3O2/c1-11(2)14-15(21-10-20-14,7-19-9-17-8-18-19)12-3-5-13(16)6-4-12/h3-6,8-9,11,14H,7,10H2,1-2H3/t14-,15+/m0/s1. The van der Waals surface area contributed by atoms with Crippen LogP contribution in [-0.4, -0.2) is 27.7 Å². The molecular weight excluding hydrogens is 290 g/mol. The van der Waals surface area contributed by atoms with E-state index in [0.29, 0.717) is 17.5 Å². The van der Waals surface area contributed by atoms with Crippen molar-refractivity contribution in [3.05, 3.63) is 47.5 Å². The zero-order chi connectivity index (χ0) is 14.9. The van der Waals surface area contributed by atoms with Crippen molar-refractivity contribution in [1.29, 1.82) is 0 Å². The molecule has 0 saturated carbocycles. The van der Waals surface area contributed by atoms with Gasteiger partial charge in [0.1, 0.15) is 25.0 Å². The summed E-state index contributed by atoms with van der Waals surface area (Å²) in [5.41, 5.74) is 0.463. The van der Waals surface area contributed by atoms with Crippen LogP contribution in [0.5, 0.6) is 0 Å². The molecule has 2 heterocycles. The summed E-state index contributed by atoms with van der Waals surface area (Å²) >= 11 is 6.01. The van der Waals surface area contributed by atoms with Crippen LogP contribution in [0, 0.1) is 5.92 Å². The van der Waals surface area contributed by atoms with E-state index < -0.39 is 5.60 Å². The second-order valence-corrected chi connectivity index (χ2v) is 6.02. The molecule has 0 spiro atoms. The molecule has 0 aliphatic carbocycles. The van der Waals surface area contributed by atoms with E-state index in [0.717, 1.165) is 5.56 Å². The third-order valence-corrected chi connectivity index (χ3v) is 4.08. The molecule has 2 atom stereocenters. The Morgan fingerprint density at radius 1 is 1.38 bits per heavy atom. The average Bonchev–Trinajstić information content (AvgIpc) is 3.10. The molecular formula is C15H18ClN3O2. The maximum Gasteiger partial charge on any atom is 0.148 e. The molecule has 0 unspecified atom stereocenters. The molecule has 112 valence electrons. The molecule has 2 aromatic rings. The molecule has 3 rings (SSSR count). The Morgan fingerprint density at radius 3 is 2.76 bits per heavy atom. The van der Waals surface area contributed by atoms with E-state index in [1.165, 1.54) is 6.33 Å². The van der Waals surface area contributed by atoms with Crippen molar-refractivity contribution >= 4 is 11.6 Å². The highest BCUT2D eigenvalue weighted by Gasteiger charge is 2.49. The molecule has 1 fully saturated rings. The van der Waals surface area contributed by atoms with Crippen LogP contribution in [0.25, 0.3) is 0 Å². The SMILES string of the molecule is CC(C)[C@@H]1OCO[C@]1(Cn1cncn1)c1ccc(Cl)cc1. The van der Waals surface area contributed by atoms with Crippen LogP contribution >= 0.6 is 11.6 Å². The Bertz CT molecular complexity index is 585. The molecule has 21 heavy (non-hydrogen) atoms.